The monoisotopic (exact) mass is 409 g/mol. The van der Waals surface area contributed by atoms with Crippen molar-refractivity contribution < 1.29 is 4.92 Å². The van der Waals surface area contributed by atoms with Gasteiger partial charge in [0.1, 0.15) is 0 Å². The third kappa shape index (κ3) is 2.66. The number of pyridine rings is 2. The maximum atomic E-state index is 12.7. The Morgan fingerprint density at radius 3 is 2.69 bits per heavy atom. The molecular weight excluding hydrogens is 398 g/mol. The maximum Gasteiger partial charge on any atom is 0.271 e. The summed E-state index contributed by atoms with van der Waals surface area (Å²) in [6.45, 7) is 1.77. The van der Waals surface area contributed by atoms with Crippen LogP contribution in [0.4, 0.5) is 5.69 Å². The summed E-state index contributed by atoms with van der Waals surface area (Å²) >= 11 is 3.46. The zero-order chi connectivity index (χ0) is 18.4. The molecular formula is C19H12BrN3O3. The average Bonchev–Trinajstić information content (AvgIpc) is 2.60. The number of benzene rings is 2. The van der Waals surface area contributed by atoms with Gasteiger partial charge in [0, 0.05) is 39.6 Å². The molecule has 0 spiro atoms. The van der Waals surface area contributed by atoms with E-state index in [4.69, 9.17) is 0 Å². The van der Waals surface area contributed by atoms with Crippen LogP contribution in [0, 0.1) is 17.0 Å². The van der Waals surface area contributed by atoms with E-state index in [-0.39, 0.29) is 11.2 Å². The smallest absolute Gasteiger partial charge is 0.271 e. The maximum absolute atomic E-state index is 12.7. The summed E-state index contributed by atoms with van der Waals surface area (Å²) in [5.74, 6) is 0. The molecule has 2 aromatic carbocycles. The molecule has 0 N–H and O–H groups in total. The van der Waals surface area contributed by atoms with Gasteiger partial charge in [0.25, 0.3) is 11.2 Å². The number of nitrogens with zero attached hydrogens (tertiary/aromatic N) is 3. The Kier molecular flexibility index (Phi) is 3.81. The Morgan fingerprint density at radius 1 is 1.12 bits per heavy atom. The second-order valence-corrected chi connectivity index (χ2v) is 6.93. The molecule has 0 aliphatic heterocycles. The predicted molar refractivity (Wildman–Crippen MR) is 104 cm³/mol. The Hall–Kier alpha value is -3.06. The fourth-order valence-corrected chi connectivity index (χ4v) is 3.48. The minimum absolute atomic E-state index is 0.0524. The number of aromatic nitrogens is 2. The molecule has 0 radical (unpaired) electrons. The molecule has 6 nitrogen and oxygen atoms in total. The summed E-state index contributed by atoms with van der Waals surface area (Å²) in [5, 5.41) is 12.8. The molecule has 0 aliphatic carbocycles. The molecule has 4 rings (SSSR count). The van der Waals surface area contributed by atoms with Gasteiger partial charge in [-0.1, -0.05) is 15.9 Å². The van der Waals surface area contributed by atoms with E-state index in [9.17, 15) is 14.9 Å². The molecule has 128 valence electrons. The summed E-state index contributed by atoms with van der Waals surface area (Å²) in [5.41, 5.74) is 2.26. The third-order valence-corrected chi connectivity index (χ3v) is 4.69. The number of nitro groups is 1. The van der Waals surface area contributed by atoms with Gasteiger partial charge >= 0.3 is 0 Å². The number of non-ortho nitro benzene ring substituents is 1. The third-order valence-electron chi connectivity index (χ3n) is 4.20. The van der Waals surface area contributed by atoms with Gasteiger partial charge in [0.2, 0.25) is 0 Å². The first kappa shape index (κ1) is 16.4. The number of nitro benzene ring substituents is 1. The van der Waals surface area contributed by atoms with E-state index in [1.165, 1.54) is 22.8 Å². The van der Waals surface area contributed by atoms with Crippen LogP contribution in [0.1, 0.15) is 5.56 Å². The molecule has 2 heterocycles. The molecule has 0 bridgehead atoms. The molecule has 0 fully saturated rings. The van der Waals surface area contributed by atoms with Crippen molar-refractivity contribution in [3.8, 4) is 5.69 Å². The van der Waals surface area contributed by atoms with Crippen molar-refractivity contribution in [2.45, 2.75) is 6.92 Å². The van der Waals surface area contributed by atoms with Gasteiger partial charge in [-0.3, -0.25) is 24.5 Å². The van der Waals surface area contributed by atoms with Gasteiger partial charge in [-0.25, -0.2) is 0 Å². The number of halogens is 1. The Balaban J connectivity index is 2.19. The van der Waals surface area contributed by atoms with E-state index in [2.05, 4.69) is 20.9 Å². The first-order chi connectivity index (χ1) is 12.4. The number of hydrogen-bond acceptors (Lipinski definition) is 4. The molecule has 0 amide bonds. The van der Waals surface area contributed by atoms with Gasteiger partial charge in [-0.05, 0) is 42.8 Å². The SMILES string of the molecule is Cc1cc(-n2c(=O)ccc3cnc4ccc(Br)cc4c32)cc([N+](=O)[O-])c1. The second kappa shape index (κ2) is 6.03. The van der Waals surface area contributed by atoms with Crippen molar-refractivity contribution in [2.24, 2.45) is 0 Å². The first-order valence-electron chi connectivity index (χ1n) is 7.80. The van der Waals surface area contributed by atoms with Crippen LogP contribution in [0.15, 0.2) is 64.0 Å². The van der Waals surface area contributed by atoms with Crippen LogP contribution in [0.5, 0.6) is 0 Å². The quantitative estimate of drug-likeness (QED) is 0.277. The molecule has 26 heavy (non-hydrogen) atoms. The number of fused-ring (bicyclic) bond motifs is 3. The summed E-state index contributed by atoms with van der Waals surface area (Å²) < 4.78 is 2.36. The first-order valence-corrected chi connectivity index (χ1v) is 8.60. The van der Waals surface area contributed by atoms with Crippen molar-refractivity contribution in [1.29, 1.82) is 0 Å². The summed E-state index contributed by atoms with van der Waals surface area (Å²) in [7, 11) is 0. The molecule has 0 saturated carbocycles. The Bertz CT molecular complexity index is 1260. The fourth-order valence-electron chi connectivity index (χ4n) is 3.12. The average molecular weight is 410 g/mol. The second-order valence-electron chi connectivity index (χ2n) is 6.01. The van der Waals surface area contributed by atoms with Gasteiger partial charge in [0.05, 0.1) is 21.6 Å². The van der Waals surface area contributed by atoms with E-state index in [1.54, 1.807) is 25.3 Å². The fraction of sp³-hybridized carbons (Fsp3) is 0.0526. The molecule has 7 heteroatoms. The molecule has 0 aliphatic rings. The highest BCUT2D eigenvalue weighted by Crippen LogP contribution is 2.28. The van der Waals surface area contributed by atoms with E-state index in [0.29, 0.717) is 16.8 Å². The highest BCUT2D eigenvalue weighted by atomic mass is 79.9. The van der Waals surface area contributed by atoms with Crippen LogP contribution in [0.2, 0.25) is 0 Å². The topological polar surface area (TPSA) is 78.0 Å². The predicted octanol–water partition coefficient (Wildman–Crippen LogP) is 4.52. The van der Waals surface area contributed by atoms with Crippen LogP contribution in [-0.2, 0) is 0 Å². The Labute approximate surface area is 156 Å². The van der Waals surface area contributed by atoms with E-state index in [0.717, 1.165) is 20.8 Å². The summed E-state index contributed by atoms with van der Waals surface area (Å²) in [6, 6.07) is 13.5. The highest BCUT2D eigenvalue weighted by molar-refractivity contribution is 9.10. The van der Waals surface area contributed by atoms with Gasteiger partial charge in [0.15, 0.2) is 0 Å². The van der Waals surface area contributed by atoms with Crippen molar-refractivity contribution >= 4 is 43.4 Å². The van der Waals surface area contributed by atoms with Crippen LogP contribution in [0.3, 0.4) is 0 Å². The summed E-state index contributed by atoms with van der Waals surface area (Å²) in [6.07, 6.45) is 1.70. The lowest BCUT2D eigenvalue weighted by molar-refractivity contribution is -0.384. The molecule has 2 aromatic heterocycles. The molecule has 0 atom stereocenters. The number of rotatable bonds is 2. The lowest BCUT2D eigenvalue weighted by Crippen LogP contribution is -2.18. The van der Waals surface area contributed by atoms with Crippen LogP contribution in [-0.4, -0.2) is 14.5 Å². The van der Waals surface area contributed by atoms with Gasteiger partial charge < -0.3 is 0 Å². The number of aryl methyl sites for hydroxylation is 1. The Morgan fingerprint density at radius 2 is 1.92 bits per heavy atom. The van der Waals surface area contributed by atoms with Crippen molar-refractivity contribution in [3.63, 3.8) is 0 Å². The lowest BCUT2D eigenvalue weighted by Gasteiger charge is -2.13. The normalized spacial score (nSPS) is 11.2. The van der Waals surface area contributed by atoms with Crippen molar-refractivity contribution in [1.82, 2.24) is 9.55 Å². The van der Waals surface area contributed by atoms with Crippen molar-refractivity contribution in [3.05, 3.63) is 85.2 Å². The highest BCUT2D eigenvalue weighted by Gasteiger charge is 2.14. The number of hydrogen-bond donors (Lipinski definition) is 0. The lowest BCUT2D eigenvalue weighted by atomic mass is 10.1. The van der Waals surface area contributed by atoms with Crippen molar-refractivity contribution in [2.75, 3.05) is 0 Å². The van der Waals surface area contributed by atoms with E-state index in [1.807, 2.05) is 18.2 Å². The minimum Gasteiger partial charge on any atom is -0.276 e. The van der Waals surface area contributed by atoms with Gasteiger partial charge in [-0.2, -0.15) is 0 Å². The zero-order valence-corrected chi connectivity index (χ0v) is 15.2. The molecule has 0 saturated heterocycles. The van der Waals surface area contributed by atoms with E-state index < -0.39 is 4.92 Å². The molecule has 4 aromatic rings. The van der Waals surface area contributed by atoms with Crippen LogP contribution < -0.4 is 5.56 Å². The van der Waals surface area contributed by atoms with E-state index >= 15 is 0 Å². The van der Waals surface area contributed by atoms with Crippen LogP contribution >= 0.6 is 15.9 Å². The van der Waals surface area contributed by atoms with Gasteiger partial charge in [-0.15, -0.1) is 0 Å². The zero-order valence-electron chi connectivity index (χ0n) is 13.6. The summed E-state index contributed by atoms with van der Waals surface area (Å²) in [4.78, 5) is 27.9. The largest absolute Gasteiger partial charge is 0.276 e. The standard InChI is InChI=1S/C19H12BrN3O3/c1-11-6-14(9-15(7-11)23(25)26)22-18(24)5-2-12-10-21-17-4-3-13(20)8-16(17)19(12)22/h2-10H,1H3. The minimum atomic E-state index is -0.455. The van der Waals surface area contributed by atoms with Crippen LogP contribution in [0.25, 0.3) is 27.5 Å². The molecule has 0 unspecified atom stereocenters.